The van der Waals surface area contributed by atoms with Crippen LogP contribution in [-0.2, 0) is 23.8 Å². The van der Waals surface area contributed by atoms with Gasteiger partial charge in [-0.3, -0.25) is 9.59 Å². The molecule has 156 valence electrons. The second-order valence-corrected chi connectivity index (χ2v) is 7.23. The van der Waals surface area contributed by atoms with Gasteiger partial charge in [0, 0.05) is 31.4 Å². The zero-order valence-corrected chi connectivity index (χ0v) is 16.8. The summed E-state index contributed by atoms with van der Waals surface area (Å²) in [5, 5.41) is 0.791. The van der Waals surface area contributed by atoms with E-state index >= 15 is 0 Å². The maximum Gasteiger partial charge on any atom is 0.336 e. The normalized spacial score (nSPS) is 24.1. The number of esters is 2. The standard InChI is InChI=1S/C21H24O8/c1-11-8-20(24)28-17-9-15(5-6-16(11)17)27-21-18(26-14(4)23)7-12(2)19(29-21)10-25-13(3)22/h5-6,8-9,12,18-19,21H,7,10H2,1-4H3/t12-,18-,19-,21-/m1/s1. The molecule has 2 heterocycles. The number of hydrogen-bond acceptors (Lipinski definition) is 8. The molecule has 2 aromatic rings. The van der Waals surface area contributed by atoms with Crippen LogP contribution in [0.5, 0.6) is 5.75 Å². The Kier molecular flexibility index (Phi) is 6.22. The van der Waals surface area contributed by atoms with E-state index in [9.17, 15) is 14.4 Å². The summed E-state index contributed by atoms with van der Waals surface area (Å²) in [6, 6.07) is 6.52. The van der Waals surface area contributed by atoms with Crippen molar-refractivity contribution in [3.05, 3.63) is 40.2 Å². The van der Waals surface area contributed by atoms with Crippen LogP contribution >= 0.6 is 0 Å². The summed E-state index contributed by atoms with van der Waals surface area (Å²) < 4.78 is 27.6. The molecular weight excluding hydrogens is 380 g/mol. The zero-order chi connectivity index (χ0) is 21.1. The summed E-state index contributed by atoms with van der Waals surface area (Å²) in [4.78, 5) is 34.3. The highest BCUT2D eigenvalue weighted by Crippen LogP contribution is 2.31. The Labute approximate surface area is 167 Å². The molecule has 3 rings (SSSR count). The second-order valence-electron chi connectivity index (χ2n) is 7.23. The van der Waals surface area contributed by atoms with Gasteiger partial charge in [-0.15, -0.1) is 0 Å². The van der Waals surface area contributed by atoms with Crippen molar-refractivity contribution in [3.63, 3.8) is 0 Å². The lowest BCUT2D eigenvalue weighted by Gasteiger charge is -2.39. The fraction of sp³-hybridized carbons (Fsp3) is 0.476. The number of benzene rings is 1. The molecule has 8 heteroatoms. The van der Waals surface area contributed by atoms with Crippen LogP contribution in [0, 0.1) is 12.8 Å². The van der Waals surface area contributed by atoms with E-state index in [1.54, 1.807) is 18.2 Å². The van der Waals surface area contributed by atoms with Gasteiger partial charge < -0.3 is 23.4 Å². The zero-order valence-electron chi connectivity index (χ0n) is 16.8. The van der Waals surface area contributed by atoms with E-state index < -0.39 is 36.1 Å². The molecule has 0 unspecified atom stereocenters. The van der Waals surface area contributed by atoms with Crippen molar-refractivity contribution < 1.29 is 33.0 Å². The first kappa shape index (κ1) is 20.9. The summed E-state index contributed by atoms with van der Waals surface area (Å²) in [6.45, 7) is 6.47. The van der Waals surface area contributed by atoms with Crippen LogP contribution in [-0.4, -0.2) is 37.0 Å². The molecule has 1 fully saturated rings. The van der Waals surface area contributed by atoms with E-state index in [0.29, 0.717) is 17.8 Å². The fourth-order valence-electron chi connectivity index (χ4n) is 3.36. The average molecular weight is 404 g/mol. The van der Waals surface area contributed by atoms with E-state index in [1.165, 1.54) is 19.9 Å². The first-order chi connectivity index (χ1) is 13.7. The SMILES string of the molecule is CC(=O)OC[C@H]1O[C@@H](Oc2ccc3c(C)cc(=O)oc3c2)[C@H](OC(C)=O)C[C@H]1C. The number of rotatable bonds is 5. The Morgan fingerprint density at radius 3 is 2.62 bits per heavy atom. The first-order valence-corrected chi connectivity index (χ1v) is 9.40. The molecule has 4 atom stereocenters. The Bertz CT molecular complexity index is 963. The fourth-order valence-corrected chi connectivity index (χ4v) is 3.36. The minimum atomic E-state index is -0.898. The molecule has 1 aliphatic heterocycles. The first-order valence-electron chi connectivity index (χ1n) is 9.40. The van der Waals surface area contributed by atoms with Gasteiger partial charge in [0.2, 0.25) is 6.29 Å². The summed E-state index contributed by atoms with van der Waals surface area (Å²) in [6.07, 6.45) is -1.45. The molecule has 0 bridgehead atoms. The molecule has 1 aromatic heterocycles. The highest BCUT2D eigenvalue weighted by Gasteiger charge is 2.40. The van der Waals surface area contributed by atoms with Gasteiger partial charge in [0.15, 0.2) is 6.10 Å². The number of aryl methyl sites for hydroxylation is 1. The van der Waals surface area contributed by atoms with E-state index in [1.807, 2.05) is 13.8 Å². The Morgan fingerprint density at radius 1 is 1.17 bits per heavy atom. The van der Waals surface area contributed by atoms with Gasteiger partial charge in [-0.1, -0.05) is 6.92 Å². The van der Waals surface area contributed by atoms with Gasteiger partial charge in [0.25, 0.3) is 0 Å². The number of hydrogen-bond donors (Lipinski definition) is 0. The van der Waals surface area contributed by atoms with E-state index in [-0.39, 0.29) is 12.5 Å². The molecule has 1 aliphatic rings. The van der Waals surface area contributed by atoms with Crippen molar-refractivity contribution in [1.82, 2.24) is 0 Å². The van der Waals surface area contributed by atoms with Crippen molar-refractivity contribution in [2.75, 3.05) is 6.61 Å². The minimum absolute atomic E-state index is 0.0178. The second kappa shape index (κ2) is 8.65. The molecule has 0 amide bonds. The van der Waals surface area contributed by atoms with E-state index in [0.717, 1.165) is 10.9 Å². The van der Waals surface area contributed by atoms with Gasteiger partial charge in [-0.2, -0.15) is 0 Å². The predicted octanol–water partition coefficient (Wildman–Crippen LogP) is 2.73. The van der Waals surface area contributed by atoms with Crippen molar-refractivity contribution >= 4 is 22.9 Å². The van der Waals surface area contributed by atoms with Gasteiger partial charge >= 0.3 is 17.6 Å². The van der Waals surface area contributed by atoms with Crippen molar-refractivity contribution in [3.8, 4) is 5.75 Å². The Balaban J connectivity index is 1.83. The molecule has 8 nitrogen and oxygen atoms in total. The Hall–Kier alpha value is -2.87. The van der Waals surface area contributed by atoms with Crippen LogP contribution in [0.2, 0.25) is 0 Å². The molecule has 0 saturated carbocycles. The molecule has 0 N–H and O–H groups in total. The third-order valence-electron chi connectivity index (χ3n) is 4.79. The molecule has 0 spiro atoms. The third-order valence-corrected chi connectivity index (χ3v) is 4.79. The lowest BCUT2D eigenvalue weighted by Crippen LogP contribution is -2.49. The van der Waals surface area contributed by atoms with Gasteiger partial charge in [0.05, 0.1) is 6.10 Å². The number of fused-ring (bicyclic) bond motifs is 1. The minimum Gasteiger partial charge on any atom is -0.463 e. The van der Waals surface area contributed by atoms with Crippen LogP contribution in [0.3, 0.4) is 0 Å². The lowest BCUT2D eigenvalue weighted by atomic mass is 9.94. The monoisotopic (exact) mass is 404 g/mol. The smallest absolute Gasteiger partial charge is 0.336 e. The van der Waals surface area contributed by atoms with Crippen molar-refractivity contribution in [2.24, 2.45) is 5.92 Å². The third kappa shape index (κ3) is 5.14. The molecule has 29 heavy (non-hydrogen) atoms. The number of ether oxygens (including phenoxy) is 4. The van der Waals surface area contributed by atoms with E-state index in [2.05, 4.69) is 0 Å². The molecule has 1 aromatic carbocycles. The largest absolute Gasteiger partial charge is 0.463 e. The highest BCUT2D eigenvalue weighted by molar-refractivity contribution is 5.81. The maximum absolute atomic E-state index is 11.7. The van der Waals surface area contributed by atoms with Crippen molar-refractivity contribution in [2.45, 2.75) is 52.6 Å². The summed E-state index contributed by atoms with van der Waals surface area (Å²) in [5.41, 5.74) is 0.732. The molecular formula is C21H24O8. The predicted molar refractivity (Wildman–Crippen MR) is 102 cm³/mol. The summed E-state index contributed by atoms with van der Waals surface area (Å²) >= 11 is 0. The number of carbonyl (C=O) groups is 2. The molecule has 0 aliphatic carbocycles. The topological polar surface area (TPSA) is 101 Å². The van der Waals surface area contributed by atoms with E-state index in [4.69, 9.17) is 23.4 Å². The summed E-state index contributed by atoms with van der Waals surface area (Å²) in [5.74, 6) is -0.469. The van der Waals surface area contributed by atoms with Crippen LogP contribution in [0.1, 0.15) is 32.8 Å². The highest BCUT2D eigenvalue weighted by atomic mass is 16.7. The van der Waals surface area contributed by atoms with Crippen LogP contribution in [0.15, 0.2) is 33.5 Å². The van der Waals surface area contributed by atoms with Crippen LogP contribution < -0.4 is 10.4 Å². The van der Waals surface area contributed by atoms with Gasteiger partial charge in [-0.25, -0.2) is 4.79 Å². The van der Waals surface area contributed by atoms with Crippen LogP contribution in [0.25, 0.3) is 11.0 Å². The average Bonchev–Trinajstić information content (AvgIpc) is 2.61. The Morgan fingerprint density at radius 2 is 1.93 bits per heavy atom. The summed E-state index contributed by atoms with van der Waals surface area (Å²) in [7, 11) is 0. The quantitative estimate of drug-likeness (QED) is 0.554. The van der Waals surface area contributed by atoms with Gasteiger partial charge in [0.1, 0.15) is 17.9 Å². The maximum atomic E-state index is 11.7. The van der Waals surface area contributed by atoms with Gasteiger partial charge in [-0.05, 0) is 37.0 Å². The molecule has 1 saturated heterocycles. The van der Waals surface area contributed by atoms with Crippen molar-refractivity contribution in [1.29, 1.82) is 0 Å². The lowest BCUT2D eigenvalue weighted by molar-refractivity contribution is -0.236. The van der Waals surface area contributed by atoms with Crippen LogP contribution in [0.4, 0.5) is 0 Å². The number of carbonyl (C=O) groups excluding carboxylic acids is 2. The molecule has 0 radical (unpaired) electrons.